The van der Waals surface area contributed by atoms with E-state index in [2.05, 4.69) is 21.4 Å². The SMILES string of the molecule is COc1ccc(C2NNCC2/C=N/NC(=O)c2ccc(N(C)C)cc2)c(OC)c1. The number of carbonyl (C=O) groups excluding carboxylic acids is 1. The Hall–Kier alpha value is -3.10. The van der Waals surface area contributed by atoms with E-state index in [0.29, 0.717) is 12.1 Å². The summed E-state index contributed by atoms with van der Waals surface area (Å²) in [6, 6.07) is 13.0. The smallest absolute Gasteiger partial charge is 0.271 e. The van der Waals surface area contributed by atoms with Crippen LogP contribution in [0.15, 0.2) is 47.6 Å². The van der Waals surface area contributed by atoms with E-state index in [1.54, 1.807) is 32.6 Å². The number of rotatable bonds is 7. The van der Waals surface area contributed by atoms with Gasteiger partial charge < -0.3 is 14.4 Å². The van der Waals surface area contributed by atoms with Gasteiger partial charge in [0, 0.05) is 55.7 Å². The summed E-state index contributed by atoms with van der Waals surface area (Å²) in [5.74, 6) is 1.25. The average molecular weight is 397 g/mol. The van der Waals surface area contributed by atoms with Crippen molar-refractivity contribution in [3.8, 4) is 11.5 Å². The zero-order valence-corrected chi connectivity index (χ0v) is 17.1. The van der Waals surface area contributed by atoms with Gasteiger partial charge in [0.15, 0.2) is 0 Å². The molecular weight excluding hydrogens is 370 g/mol. The number of hydrogen-bond acceptors (Lipinski definition) is 7. The molecule has 1 amide bonds. The second-order valence-corrected chi connectivity index (χ2v) is 6.94. The first-order chi connectivity index (χ1) is 14.0. The fourth-order valence-corrected chi connectivity index (χ4v) is 3.20. The molecule has 0 saturated carbocycles. The number of benzene rings is 2. The fraction of sp³-hybridized carbons (Fsp3) is 0.333. The third-order valence-corrected chi connectivity index (χ3v) is 4.88. The lowest BCUT2D eigenvalue weighted by molar-refractivity contribution is 0.0955. The molecule has 8 heteroatoms. The maximum Gasteiger partial charge on any atom is 0.271 e. The minimum Gasteiger partial charge on any atom is -0.497 e. The minimum absolute atomic E-state index is 0.0358. The summed E-state index contributed by atoms with van der Waals surface area (Å²) in [4.78, 5) is 14.3. The first kappa shape index (κ1) is 20.6. The Morgan fingerprint density at radius 1 is 1.17 bits per heavy atom. The molecule has 1 heterocycles. The van der Waals surface area contributed by atoms with Crippen LogP contribution >= 0.6 is 0 Å². The summed E-state index contributed by atoms with van der Waals surface area (Å²) in [5.41, 5.74) is 11.6. The van der Waals surface area contributed by atoms with Gasteiger partial charge in [-0.1, -0.05) is 0 Å². The highest BCUT2D eigenvalue weighted by Crippen LogP contribution is 2.33. The number of hydrazone groups is 1. The normalized spacial score (nSPS) is 18.6. The number of anilines is 1. The van der Waals surface area contributed by atoms with E-state index in [4.69, 9.17) is 9.47 Å². The molecule has 3 rings (SSSR count). The predicted octanol–water partition coefficient (Wildman–Crippen LogP) is 1.95. The zero-order chi connectivity index (χ0) is 20.8. The van der Waals surface area contributed by atoms with Crippen LogP contribution in [-0.4, -0.2) is 47.0 Å². The lowest BCUT2D eigenvalue weighted by Gasteiger charge is -2.19. The lowest BCUT2D eigenvalue weighted by Crippen LogP contribution is -2.25. The van der Waals surface area contributed by atoms with Crippen molar-refractivity contribution in [3.63, 3.8) is 0 Å². The largest absolute Gasteiger partial charge is 0.497 e. The molecular formula is C21H27N5O3. The Labute approximate surface area is 170 Å². The Morgan fingerprint density at radius 2 is 1.93 bits per heavy atom. The summed E-state index contributed by atoms with van der Waals surface area (Å²) in [6.07, 6.45) is 1.74. The zero-order valence-electron chi connectivity index (χ0n) is 17.1. The number of ether oxygens (including phenoxy) is 2. The van der Waals surface area contributed by atoms with E-state index >= 15 is 0 Å². The molecule has 8 nitrogen and oxygen atoms in total. The summed E-state index contributed by atoms with van der Waals surface area (Å²) >= 11 is 0. The van der Waals surface area contributed by atoms with Crippen LogP contribution < -0.4 is 30.7 Å². The van der Waals surface area contributed by atoms with Gasteiger partial charge in [-0.05, 0) is 36.4 Å². The summed E-state index contributed by atoms with van der Waals surface area (Å²) in [6.45, 7) is 0.677. The van der Waals surface area contributed by atoms with Crippen molar-refractivity contribution in [2.24, 2.45) is 11.0 Å². The van der Waals surface area contributed by atoms with Gasteiger partial charge in [0.1, 0.15) is 11.5 Å². The van der Waals surface area contributed by atoms with Crippen molar-refractivity contribution in [2.45, 2.75) is 6.04 Å². The number of methoxy groups -OCH3 is 2. The molecule has 0 radical (unpaired) electrons. The minimum atomic E-state index is -0.246. The molecule has 0 bridgehead atoms. The Morgan fingerprint density at radius 3 is 2.59 bits per heavy atom. The van der Waals surface area contributed by atoms with Crippen molar-refractivity contribution < 1.29 is 14.3 Å². The maximum absolute atomic E-state index is 12.3. The molecule has 1 saturated heterocycles. The Kier molecular flexibility index (Phi) is 6.69. The van der Waals surface area contributed by atoms with Crippen LogP contribution in [0.3, 0.4) is 0 Å². The number of hydrazine groups is 1. The van der Waals surface area contributed by atoms with Crippen LogP contribution in [0.2, 0.25) is 0 Å². The van der Waals surface area contributed by atoms with E-state index in [1.165, 1.54) is 0 Å². The van der Waals surface area contributed by atoms with Crippen LogP contribution in [0.5, 0.6) is 11.5 Å². The van der Waals surface area contributed by atoms with Crippen LogP contribution in [0.4, 0.5) is 5.69 Å². The van der Waals surface area contributed by atoms with Gasteiger partial charge in [-0.15, -0.1) is 0 Å². The fourth-order valence-electron chi connectivity index (χ4n) is 3.20. The molecule has 3 N–H and O–H groups in total. The third-order valence-electron chi connectivity index (χ3n) is 4.88. The Balaban J connectivity index is 1.66. The molecule has 154 valence electrons. The summed E-state index contributed by atoms with van der Waals surface area (Å²) in [7, 11) is 7.16. The number of nitrogens with one attached hydrogen (secondary N) is 3. The van der Waals surface area contributed by atoms with Crippen LogP contribution in [0, 0.1) is 5.92 Å². The number of nitrogens with zero attached hydrogens (tertiary/aromatic N) is 2. The second kappa shape index (κ2) is 9.40. The van der Waals surface area contributed by atoms with E-state index in [0.717, 1.165) is 22.7 Å². The lowest BCUT2D eigenvalue weighted by atomic mass is 9.95. The van der Waals surface area contributed by atoms with Crippen molar-refractivity contribution in [3.05, 3.63) is 53.6 Å². The molecule has 2 unspecified atom stereocenters. The summed E-state index contributed by atoms with van der Waals surface area (Å²) < 4.78 is 10.8. The molecule has 0 aromatic heterocycles. The van der Waals surface area contributed by atoms with E-state index in [1.807, 2.05) is 49.3 Å². The molecule has 2 atom stereocenters. The topological polar surface area (TPSA) is 87.2 Å². The van der Waals surface area contributed by atoms with Gasteiger partial charge >= 0.3 is 0 Å². The highest BCUT2D eigenvalue weighted by atomic mass is 16.5. The monoisotopic (exact) mass is 397 g/mol. The van der Waals surface area contributed by atoms with Crippen molar-refractivity contribution >= 4 is 17.8 Å². The van der Waals surface area contributed by atoms with Gasteiger partial charge in [0.25, 0.3) is 5.91 Å². The van der Waals surface area contributed by atoms with Crippen LogP contribution in [-0.2, 0) is 0 Å². The highest BCUT2D eigenvalue weighted by Gasteiger charge is 2.29. The number of carbonyl (C=O) groups is 1. The van der Waals surface area contributed by atoms with Crippen LogP contribution in [0.1, 0.15) is 22.0 Å². The second-order valence-electron chi connectivity index (χ2n) is 6.94. The van der Waals surface area contributed by atoms with Crippen molar-refractivity contribution in [1.82, 2.24) is 16.3 Å². The average Bonchev–Trinajstić information content (AvgIpc) is 3.21. The highest BCUT2D eigenvalue weighted by molar-refractivity contribution is 5.94. The van der Waals surface area contributed by atoms with Gasteiger partial charge in [0.2, 0.25) is 0 Å². The van der Waals surface area contributed by atoms with Gasteiger partial charge in [-0.3, -0.25) is 10.2 Å². The van der Waals surface area contributed by atoms with Crippen LogP contribution in [0.25, 0.3) is 0 Å². The molecule has 0 aliphatic carbocycles. The summed E-state index contributed by atoms with van der Waals surface area (Å²) in [5, 5.41) is 4.17. The standard InChI is InChI=1S/C21H27N5O3/c1-26(2)16-7-5-14(6-8-16)21(27)25-23-13-15-12-22-24-20(15)18-10-9-17(28-3)11-19(18)29-4/h5-11,13,15,20,22,24H,12H2,1-4H3,(H,25,27)/b23-13+. The number of hydrogen-bond donors (Lipinski definition) is 3. The van der Waals surface area contributed by atoms with Crippen molar-refractivity contribution in [2.75, 3.05) is 39.8 Å². The Bertz CT molecular complexity index is 867. The molecule has 2 aromatic rings. The number of amides is 1. The van der Waals surface area contributed by atoms with E-state index < -0.39 is 0 Å². The van der Waals surface area contributed by atoms with Gasteiger partial charge in [-0.2, -0.15) is 5.10 Å². The molecule has 29 heavy (non-hydrogen) atoms. The molecule has 1 aliphatic rings. The first-order valence-corrected chi connectivity index (χ1v) is 9.34. The molecule has 0 spiro atoms. The quantitative estimate of drug-likeness (QED) is 0.489. The third kappa shape index (κ3) is 4.85. The van der Waals surface area contributed by atoms with E-state index in [-0.39, 0.29) is 17.9 Å². The van der Waals surface area contributed by atoms with Gasteiger partial charge in [-0.25, -0.2) is 10.9 Å². The predicted molar refractivity (Wildman–Crippen MR) is 114 cm³/mol. The van der Waals surface area contributed by atoms with E-state index in [9.17, 15) is 4.79 Å². The molecule has 2 aromatic carbocycles. The first-order valence-electron chi connectivity index (χ1n) is 9.34. The van der Waals surface area contributed by atoms with Gasteiger partial charge in [0.05, 0.1) is 20.3 Å². The molecule has 1 aliphatic heterocycles. The molecule has 1 fully saturated rings. The maximum atomic E-state index is 12.3. The van der Waals surface area contributed by atoms with Crippen molar-refractivity contribution in [1.29, 1.82) is 0 Å².